The van der Waals surface area contributed by atoms with Crippen molar-refractivity contribution in [1.29, 1.82) is 0 Å². The number of nitrogens with two attached hydrogens (primary N) is 1. The SMILES string of the molecule is COCC(CN)(C(C)C)N1CC(C)CCC1C. The third-order valence-corrected chi connectivity index (χ3v) is 4.51. The molecule has 0 aromatic rings. The summed E-state index contributed by atoms with van der Waals surface area (Å²) in [4.78, 5) is 2.61. The maximum absolute atomic E-state index is 6.11. The van der Waals surface area contributed by atoms with Crippen LogP contribution in [-0.4, -0.2) is 43.3 Å². The van der Waals surface area contributed by atoms with Crippen LogP contribution in [0.25, 0.3) is 0 Å². The molecule has 1 heterocycles. The van der Waals surface area contributed by atoms with Gasteiger partial charge in [-0.1, -0.05) is 20.8 Å². The van der Waals surface area contributed by atoms with Gasteiger partial charge in [-0.25, -0.2) is 0 Å². The topological polar surface area (TPSA) is 38.5 Å². The molecular formula is C14H30N2O. The minimum Gasteiger partial charge on any atom is -0.383 e. The van der Waals surface area contributed by atoms with E-state index in [1.54, 1.807) is 7.11 Å². The van der Waals surface area contributed by atoms with Crippen molar-refractivity contribution in [3.8, 4) is 0 Å². The van der Waals surface area contributed by atoms with Crippen molar-refractivity contribution in [2.75, 3.05) is 26.8 Å². The van der Waals surface area contributed by atoms with Crippen LogP contribution >= 0.6 is 0 Å². The van der Waals surface area contributed by atoms with Gasteiger partial charge in [0.1, 0.15) is 0 Å². The molecule has 1 fully saturated rings. The lowest BCUT2D eigenvalue weighted by atomic mass is 9.80. The number of likely N-dealkylation sites (tertiary alicyclic amines) is 1. The van der Waals surface area contributed by atoms with Crippen LogP contribution in [0.1, 0.15) is 40.5 Å². The highest BCUT2D eigenvalue weighted by atomic mass is 16.5. The lowest BCUT2D eigenvalue weighted by Gasteiger charge is -2.52. The second-order valence-electron chi connectivity index (χ2n) is 6.08. The first-order valence-electron chi connectivity index (χ1n) is 6.93. The molecule has 0 spiro atoms. The quantitative estimate of drug-likeness (QED) is 0.802. The van der Waals surface area contributed by atoms with Crippen molar-refractivity contribution in [2.24, 2.45) is 17.6 Å². The van der Waals surface area contributed by atoms with Gasteiger partial charge in [0.05, 0.1) is 12.1 Å². The molecule has 0 aromatic carbocycles. The Morgan fingerprint density at radius 3 is 2.47 bits per heavy atom. The average molecular weight is 242 g/mol. The zero-order valence-corrected chi connectivity index (χ0v) is 12.2. The van der Waals surface area contributed by atoms with E-state index in [1.807, 2.05) is 0 Å². The molecule has 1 saturated heterocycles. The van der Waals surface area contributed by atoms with E-state index in [9.17, 15) is 0 Å². The van der Waals surface area contributed by atoms with Crippen LogP contribution in [0.2, 0.25) is 0 Å². The number of piperidine rings is 1. The summed E-state index contributed by atoms with van der Waals surface area (Å²) in [7, 11) is 1.78. The predicted molar refractivity (Wildman–Crippen MR) is 73.1 cm³/mol. The molecule has 3 nitrogen and oxygen atoms in total. The zero-order valence-electron chi connectivity index (χ0n) is 12.2. The molecule has 3 atom stereocenters. The summed E-state index contributed by atoms with van der Waals surface area (Å²) in [6.07, 6.45) is 2.61. The lowest BCUT2D eigenvalue weighted by Crippen LogP contribution is -2.64. The van der Waals surface area contributed by atoms with Gasteiger partial charge in [-0.2, -0.15) is 0 Å². The largest absolute Gasteiger partial charge is 0.383 e. The minimum absolute atomic E-state index is 0.00282. The maximum Gasteiger partial charge on any atom is 0.0661 e. The van der Waals surface area contributed by atoms with Gasteiger partial charge >= 0.3 is 0 Å². The van der Waals surface area contributed by atoms with Gasteiger partial charge in [-0.15, -0.1) is 0 Å². The third kappa shape index (κ3) is 3.01. The Morgan fingerprint density at radius 1 is 1.35 bits per heavy atom. The van der Waals surface area contributed by atoms with Crippen LogP contribution in [0.4, 0.5) is 0 Å². The van der Waals surface area contributed by atoms with Crippen molar-refractivity contribution >= 4 is 0 Å². The molecule has 0 saturated carbocycles. The highest BCUT2D eigenvalue weighted by Gasteiger charge is 2.42. The summed E-state index contributed by atoms with van der Waals surface area (Å²) in [6.45, 7) is 11.8. The van der Waals surface area contributed by atoms with Crippen LogP contribution in [0.5, 0.6) is 0 Å². The Morgan fingerprint density at radius 2 is 2.00 bits per heavy atom. The zero-order chi connectivity index (χ0) is 13.1. The van der Waals surface area contributed by atoms with Crippen molar-refractivity contribution < 1.29 is 4.74 Å². The summed E-state index contributed by atoms with van der Waals surface area (Å²) in [6, 6.07) is 0.618. The van der Waals surface area contributed by atoms with E-state index in [4.69, 9.17) is 10.5 Å². The molecule has 1 rings (SSSR count). The number of methoxy groups -OCH3 is 1. The monoisotopic (exact) mass is 242 g/mol. The standard InChI is InChI=1S/C14H30N2O/c1-11(2)14(9-15,10-17-5)16-8-12(3)6-7-13(16)4/h11-13H,6-10,15H2,1-5H3. The van der Waals surface area contributed by atoms with E-state index < -0.39 is 0 Å². The van der Waals surface area contributed by atoms with E-state index in [0.717, 1.165) is 19.1 Å². The maximum atomic E-state index is 6.11. The molecule has 3 heteroatoms. The summed E-state index contributed by atoms with van der Waals surface area (Å²) < 4.78 is 5.47. The summed E-state index contributed by atoms with van der Waals surface area (Å²) >= 11 is 0. The first-order valence-corrected chi connectivity index (χ1v) is 6.93. The normalized spacial score (nSPS) is 30.5. The molecule has 0 bridgehead atoms. The van der Waals surface area contributed by atoms with E-state index in [-0.39, 0.29) is 5.54 Å². The lowest BCUT2D eigenvalue weighted by molar-refractivity contribution is -0.0603. The van der Waals surface area contributed by atoms with Crippen molar-refractivity contribution in [3.63, 3.8) is 0 Å². The highest BCUT2D eigenvalue weighted by Crippen LogP contribution is 2.33. The first-order chi connectivity index (χ1) is 7.97. The van der Waals surface area contributed by atoms with Crippen LogP contribution in [-0.2, 0) is 4.74 Å². The van der Waals surface area contributed by atoms with Crippen LogP contribution in [0.3, 0.4) is 0 Å². The smallest absolute Gasteiger partial charge is 0.0661 e. The van der Waals surface area contributed by atoms with Gasteiger partial charge in [0.15, 0.2) is 0 Å². The van der Waals surface area contributed by atoms with E-state index in [0.29, 0.717) is 18.5 Å². The van der Waals surface area contributed by atoms with E-state index >= 15 is 0 Å². The van der Waals surface area contributed by atoms with Gasteiger partial charge in [-0.3, -0.25) is 4.90 Å². The van der Waals surface area contributed by atoms with Gasteiger partial charge in [0, 0.05) is 26.2 Å². The minimum atomic E-state index is 0.00282. The van der Waals surface area contributed by atoms with E-state index in [1.165, 1.54) is 12.8 Å². The number of nitrogens with zero attached hydrogens (tertiary/aromatic N) is 1. The van der Waals surface area contributed by atoms with Crippen molar-refractivity contribution in [1.82, 2.24) is 4.90 Å². The molecule has 17 heavy (non-hydrogen) atoms. The van der Waals surface area contributed by atoms with Crippen molar-refractivity contribution in [3.05, 3.63) is 0 Å². The number of ether oxygens (including phenoxy) is 1. The molecule has 2 N–H and O–H groups in total. The first kappa shape index (κ1) is 14.9. The van der Waals surface area contributed by atoms with Gasteiger partial charge in [0.2, 0.25) is 0 Å². The average Bonchev–Trinajstić information content (AvgIpc) is 2.29. The van der Waals surface area contributed by atoms with Gasteiger partial charge in [0.25, 0.3) is 0 Å². The Hall–Kier alpha value is -0.120. The van der Waals surface area contributed by atoms with Gasteiger partial charge < -0.3 is 10.5 Å². The molecular weight excluding hydrogens is 212 g/mol. The summed E-state index contributed by atoms with van der Waals surface area (Å²) in [5.41, 5.74) is 6.11. The Balaban J connectivity index is 2.94. The fraction of sp³-hybridized carbons (Fsp3) is 1.00. The number of rotatable bonds is 5. The molecule has 1 aliphatic rings. The summed E-state index contributed by atoms with van der Waals surface area (Å²) in [5, 5.41) is 0. The molecule has 0 amide bonds. The van der Waals surface area contributed by atoms with E-state index in [2.05, 4.69) is 32.6 Å². The molecule has 0 radical (unpaired) electrons. The molecule has 102 valence electrons. The Labute approximate surface area is 107 Å². The second kappa shape index (κ2) is 6.17. The molecule has 0 aliphatic carbocycles. The molecule has 3 unspecified atom stereocenters. The van der Waals surface area contributed by atoms with Crippen LogP contribution in [0, 0.1) is 11.8 Å². The molecule has 0 aromatic heterocycles. The fourth-order valence-electron chi connectivity index (χ4n) is 3.15. The molecule has 1 aliphatic heterocycles. The Kier molecular flexibility index (Phi) is 5.42. The second-order valence-corrected chi connectivity index (χ2v) is 6.08. The number of hydrogen-bond acceptors (Lipinski definition) is 3. The fourth-order valence-corrected chi connectivity index (χ4v) is 3.15. The predicted octanol–water partition coefficient (Wildman–Crippen LogP) is 2.11. The Bertz CT molecular complexity index is 232. The van der Waals surface area contributed by atoms with Crippen molar-refractivity contribution in [2.45, 2.75) is 52.1 Å². The summed E-state index contributed by atoms with van der Waals surface area (Å²) in [5.74, 6) is 1.29. The third-order valence-electron chi connectivity index (χ3n) is 4.51. The van der Waals surface area contributed by atoms with Gasteiger partial charge in [-0.05, 0) is 31.6 Å². The number of hydrogen-bond donors (Lipinski definition) is 1. The van der Waals surface area contributed by atoms with Crippen LogP contribution < -0.4 is 5.73 Å². The highest BCUT2D eigenvalue weighted by molar-refractivity contribution is 4.98. The van der Waals surface area contributed by atoms with Crippen LogP contribution in [0.15, 0.2) is 0 Å².